The van der Waals surface area contributed by atoms with E-state index in [0.717, 1.165) is 0 Å². The summed E-state index contributed by atoms with van der Waals surface area (Å²) < 4.78 is 28.7. The van der Waals surface area contributed by atoms with E-state index in [0.29, 0.717) is 6.92 Å². The molecule has 0 heterocycles. The monoisotopic (exact) mass is 204 g/mol. The van der Waals surface area contributed by atoms with Crippen LogP contribution in [0.3, 0.4) is 0 Å². The van der Waals surface area contributed by atoms with E-state index in [-0.39, 0.29) is 6.15 Å². The van der Waals surface area contributed by atoms with Crippen LogP contribution in [0.4, 0.5) is 0 Å². The fourth-order valence-electron chi connectivity index (χ4n) is 0.173. The molecule has 0 aliphatic heterocycles. The van der Waals surface area contributed by atoms with Gasteiger partial charge in [0.05, 0.1) is 0 Å². The number of rotatable bonds is 2. The third-order valence-electron chi connectivity index (χ3n) is 1.20. The third-order valence-corrected chi connectivity index (χ3v) is 2.55. The maximum absolute atomic E-state index is 10.3. The molecule has 0 bridgehead atoms. The van der Waals surface area contributed by atoms with Crippen molar-refractivity contribution in [2.75, 3.05) is 0 Å². The molecule has 0 aliphatic carbocycles. The van der Waals surface area contributed by atoms with Gasteiger partial charge in [-0.15, -0.1) is 0 Å². The lowest BCUT2D eigenvalue weighted by molar-refractivity contribution is -0.329. The minimum absolute atomic E-state index is 0. The van der Waals surface area contributed by atoms with Gasteiger partial charge >= 0.3 is 5.97 Å². The van der Waals surface area contributed by atoms with Gasteiger partial charge in [-0.2, -0.15) is 8.42 Å². The van der Waals surface area contributed by atoms with Gasteiger partial charge in [-0.25, -0.2) is 0 Å². The molecule has 0 saturated carbocycles. The Bertz CT molecular complexity index is 238. The first-order chi connectivity index (χ1) is 4.50. The predicted molar refractivity (Wildman–Crippen MR) is 38.6 cm³/mol. The molecule has 0 fully saturated rings. The fraction of sp³-hybridized carbons (Fsp3) is 1.00. The van der Waals surface area contributed by atoms with Crippen molar-refractivity contribution in [3.8, 4) is 0 Å². The van der Waals surface area contributed by atoms with Gasteiger partial charge in [0.25, 0.3) is 10.1 Å². The molecule has 12 heavy (non-hydrogen) atoms. The third kappa shape index (κ3) is 2.35. The highest BCUT2D eigenvalue weighted by atomic mass is 32.2. The first kappa shape index (κ1) is 14.2. The lowest BCUT2D eigenvalue weighted by Crippen LogP contribution is -2.63. The van der Waals surface area contributed by atoms with Gasteiger partial charge in [-0.1, -0.05) is 0 Å². The molecule has 0 radical (unpaired) electrons. The highest BCUT2D eigenvalue weighted by Gasteiger charge is 2.52. The topological polar surface area (TPSA) is 176 Å². The van der Waals surface area contributed by atoms with Crippen molar-refractivity contribution in [1.82, 2.24) is 6.15 Å². The summed E-state index contributed by atoms with van der Waals surface area (Å²) in [7, 11) is -4.93. The van der Waals surface area contributed by atoms with Crippen molar-refractivity contribution < 1.29 is 28.3 Å². The molecule has 8 nitrogen and oxygen atoms in total. The SMILES string of the molecule is CC(N)(C(O)(O)O)S(=O)(=O)O.N. The Labute approximate surface area is 69.0 Å². The summed E-state index contributed by atoms with van der Waals surface area (Å²) in [6, 6.07) is 0. The van der Waals surface area contributed by atoms with Crippen LogP contribution in [0.2, 0.25) is 0 Å². The van der Waals surface area contributed by atoms with E-state index in [1.807, 2.05) is 0 Å². The van der Waals surface area contributed by atoms with E-state index >= 15 is 0 Å². The zero-order chi connectivity index (χ0) is 9.50. The van der Waals surface area contributed by atoms with Crippen LogP contribution in [0.25, 0.3) is 0 Å². The van der Waals surface area contributed by atoms with E-state index in [1.54, 1.807) is 0 Å². The van der Waals surface area contributed by atoms with Crippen LogP contribution in [-0.4, -0.2) is 39.1 Å². The quantitative estimate of drug-likeness (QED) is 0.208. The first-order valence-electron chi connectivity index (χ1n) is 2.43. The molecule has 1 unspecified atom stereocenters. The van der Waals surface area contributed by atoms with Crippen LogP contribution in [0.5, 0.6) is 0 Å². The van der Waals surface area contributed by atoms with Gasteiger partial charge in [0.15, 0.2) is 0 Å². The van der Waals surface area contributed by atoms with Gasteiger partial charge in [-0.05, 0) is 6.92 Å². The number of nitrogens with two attached hydrogens (primary N) is 1. The van der Waals surface area contributed by atoms with Crippen molar-refractivity contribution >= 4 is 10.1 Å². The van der Waals surface area contributed by atoms with Crippen molar-refractivity contribution in [3.63, 3.8) is 0 Å². The van der Waals surface area contributed by atoms with Gasteiger partial charge < -0.3 is 27.2 Å². The number of hydrogen-bond donors (Lipinski definition) is 6. The van der Waals surface area contributed by atoms with Gasteiger partial charge in [-0.3, -0.25) is 4.55 Å². The molecule has 0 saturated heterocycles. The second-order valence-corrected chi connectivity index (χ2v) is 4.02. The molecular weight excluding hydrogens is 192 g/mol. The average molecular weight is 204 g/mol. The van der Waals surface area contributed by atoms with E-state index in [9.17, 15) is 8.42 Å². The average Bonchev–Trinajstić information content (AvgIpc) is 1.58. The van der Waals surface area contributed by atoms with E-state index < -0.39 is 21.0 Å². The maximum Gasteiger partial charge on any atom is 0.312 e. The van der Waals surface area contributed by atoms with Crippen LogP contribution in [0.15, 0.2) is 0 Å². The highest BCUT2D eigenvalue weighted by Crippen LogP contribution is 2.18. The largest absolute Gasteiger partial charge is 0.344 e. The molecule has 0 rings (SSSR count). The Morgan fingerprint density at radius 3 is 1.50 bits per heavy atom. The highest BCUT2D eigenvalue weighted by molar-refractivity contribution is 7.87. The maximum atomic E-state index is 10.3. The summed E-state index contributed by atoms with van der Waals surface area (Å²) >= 11 is 0. The number of hydrogen-bond acceptors (Lipinski definition) is 7. The standard InChI is InChI=1S/C3H9NO6S.H3N/c1-2(4,3(5,6)7)11(8,9)10;/h5-7H,4H2,1H3,(H,8,9,10);1H3. The lowest BCUT2D eigenvalue weighted by Gasteiger charge is -2.29. The molecule has 9 heteroatoms. The summed E-state index contributed by atoms with van der Waals surface area (Å²) in [5.41, 5.74) is 4.68. The number of aliphatic hydroxyl groups is 3. The molecule has 9 N–H and O–H groups in total. The van der Waals surface area contributed by atoms with Crippen LogP contribution >= 0.6 is 0 Å². The first-order valence-corrected chi connectivity index (χ1v) is 3.87. The second-order valence-electron chi connectivity index (χ2n) is 2.22. The molecular formula is C3H12N2O6S. The normalized spacial score (nSPS) is 17.8. The summed E-state index contributed by atoms with van der Waals surface area (Å²) in [6.07, 6.45) is 0. The van der Waals surface area contributed by atoms with E-state index in [1.165, 1.54) is 0 Å². The zero-order valence-electron chi connectivity index (χ0n) is 6.30. The minimum atomic E-state index is -4.93. The molecule has 0 amide bonds. The summed E-state index contributed by atoms with van der Waals surface area (Å²) in [4.78, 5) is -2.93. The molecule has 0 spiro atoms. The van der Waals surface area contributed by atoms with Crippen molar-refractivity contribution in [2.45, 2.75) is 17.8 Å². The summed E-state index contributed by atoms with van der Waals surface area (Å²) in [6.45, 7) is 0.544. The van der Waals surface area contributed by atoms with Crippen LogP contribution < -0.4 is 11.9 Å². The predicted octanol–water partition coefficient (Wildman–Crippen LogP) is -2.66. The lowest BCUT2D eigenvalue weighted by atomic mass is 10.3. The minimum Gasteiger partial charge on any atom is -0.344 e. The Hall–Kier alpha value is -0.290. The molecule has 0 aromatic rings. The van der Waals surface area contributed by atoms with Crippen molar-refractivity contribution in [2.24, 2.45) is 5.73 Å². The molecule has 0 aromatic carbocycles. The molecule has 76 valence electrons. The Morgan fingerprint density at radius 1 is 1.25 bits per heavy atom. The molecule has 0 aliphatic rings. The molecule has 0 aromatic heterocycles. The fourth-order valence-corrected chi connectivity index (χ4v) is 0.519. The van der Waals surface area contributed by atoms with Crippen LogP contribution in [0, 0.1) is 0 Å². The Kier molecular flexibility index (Phi) is 3.82. The Balaban J connectivity index is 0. The molecule has 1 atom stereocenters. The van der Waals surface area contributed by atoms with Crippen LogP contribution in [0.1, 0.15) is 6.92 Å². The van der Waals surface area contributed by atoms with Crippen molar-refractivity contribution in [3.05, 3.63) is 0 Å². The van der Waals surface area contributed by atoms with Gasteiger partial charge in [0.2, 0.25) is 4.87 Å². The smallest absolute Gasteiger partial charge is 0.312 e. The second kappa shape index (κ2) is 3.22. The van der Waals surface area contributed by atoms with Crippen LogP contribution in [-0.2, 0) is 10.1 Å². The zero-order valence-corrected chi connectivity index (χ0v) is 7.11. The Morgan fingerprint density at radius 2 is 1.50 bits per heavy atom. The summed E-state index contributed by atoms with van der Waals surface area (Å²) in [5.74, 6) is -3.68. The van der Waals surface area contributed by atoms with Gasteiger partial charge in [0, 0.05) is 0 Å². The van der Waals surface area contributed by atoms with E-state index in [4.69, 9.17) is 19.9 Å². The van der Waals surface area contributed by atoms with Gasteiger partial charge in [0.1, 0.15) is 0 Å². The van der Waals surface area contributed by atoms with Crippen molar-refractivity contribution in [1.29, 1.82) is 0 Å². The van der Waals surface area contributed by atoms with E-state index in [2.05, 4.69) is 5.73 Å². The summed E-state index contributed by atoms with van der Waals surface area (Å²) in [5, 5.41) is 25.0.